The van der Waals surface area contributed by atoms with Crippen LogP contribution < -0.4 is 5.32 Å². The summed E-state index contributed by atoms with van der Waals surface area (Å²) < 4.78 is 29.2. The lowest BCUT2D eigenvalue weighted by Crippen LogP contribution is -2.13. The maximum absolute atomic E-state index is 12.6. The molecule has 0 fully saturated rings. The minimum atomic E-state index is -3.47. The third-order valence-corrected chi connectivity index (χ3v) is 6.50. The van der Waals surface area contributed by atoms with Crippen LogP contribution in [0.4, 0.5) is 5.13 Å². The van der Waals surface area contributed by atoms with Crippen molar-refractivity contribution >= 4 is 66.4 Å². The number of nitrogens with one attached hydrogen (secondary N) is 1. The van der Waals surface area contributed by atoms with Crippen LogP contribution in [-0.2, 0) is 9.84 Å². The molecular formula is C19H12Cl2N2O4S2. The molecule has 2 aromatic heterocycles. The van der Waals surface area contributed by atoms with Crippen molar-refractivity contribution < 1.29 is 17.6 Å². The largest absolute Gasteiger partial charge is 0.454 e. The van der Waals surface area contributed by atoms with E-state index in [1.54, 1.807) is 23.6 Å². The first-order valence-electron chi connectivity index (χ1n) is 8.17. The standard InChI is InChI=1S/C19H12Cl2N2O4S2/c1-29(25,26)12-3-4-14(21)13(8-12)18(24)23-19-22-15(9-28-19)17-7-10-6-11(20)2-5-16(10)27-17/h2-9H,1H3,(H,22,23,24). The van der Waals surface area contributed by atoms with Crippen LogP contribution in [0.15, 0.2) is 57.2 Å². The Balaban J connectivity index is 1.60. The van der Waals surface area contributed by atoms with E-state index in [0.717, 1.165) is 11.6 Å². The smallest absolute Gasteiger partial charge is 0.259 e. The molecule has 4 rings (SSSR count). The number of thiazole rings is 1. The molecule has 2 aromatic carbocycles. The van der Waals surface area contributed by atoms with Gasteiger partial charge in [-0.15, -0.1) is 11.3 Å². The Bertz CT molecular complexity index is 1360. The van der Waals surface area contributed by atoms with Crippen LogP contribution in [0.2, 0.25) is 10.0 Å². The molecule has 10 heteroatoms. The Morgan fingerprint density at radius 1 is 1.14 bits per heavy atom. The van der Waals surface area contributed by atoms with Crippen LogP contribution in [0.1, 0.15) is 10.4 Å². The summed E-state index contributed by atoms with van der Waals surface area (Å²) >= 11 is 13.3. The number of amides is 1. The van der Waals surface area contributed by atoms with Gasteiger partial charge >= 0.3 is 0 Å². The van der Waals surface area contributed by atoms with Crippen molar-refractivity contribution in [3.63, 3.8) is 0 Å². The topological polar surface area (TPSA) is 89.3 Å². The fourth-order valence-electron chi connectivity index (χ4n) is 2.66. The fraction of sp³-hybridized carbons (Fsp3) is 0.0526. The van der Waals surface area contributed by atoms with E-state index in [1.807, 2.05) is 6.07 Å². The summed E-state index contributed by atoms with van der Waals surface area (Å²) in [5, 5.41) is 6.28. The van der Waals surface area contributed by atoms with Crippen LogP contribution in [0.3, 0.4) is 0 Å². The van der Waals surface area contributed by atoms with Gasteiger partial charge in [-0.05, 0) is 42.5 Å². The van der Waals surface area contributed by atoms with Crippen molar-refractivity contribution in [2.45, 2.75) is 4.90 Å². The second-order valence-corrected chi connectivity index (χ2v) is 9.92. The van der Waals surface area contributed by atoms with Crippen molar-refractivity contribution in [2.24, 2.45) is 0 Å². The second kappa shape index (κ2) is 7.46. The van der Waals surface area contributed by atoms with Gasteiger partial charge in [-0.2, -0.15) is 0 Å². The Hall–Kier alpha value is -2.39. The van der Waals surface area contributed by atoms with E-state index in [9.17, 15) is 13.2 Å². The number of carbonyl (C=O) groups is 1. The highest BCUT2D eigenvalue weighted by Gasteiger charge is 2.18. The zero-order chi connectivity index (χ0) is 20.8. The van der Waals surface area contributed by atoms with Crippen LogP contribution in [0.5, 0.6) is 0 Å². The molecule has 6 nitrogen and oxygen atoms in total. The molecule has 0 saturated heterocycles. The van der Waals surface area contributed by atoms with E-state index in [4.69, 9.17) is 27.6 Å². The van der Waals surface area contributed by atoms with E-state index in [-0.39, 0.29) is 15.5 Å². The number of hydrogen-bond donors (Lipinski definition) is 1. The number of halogens is 2. The zero-order valence-electron chi connectivity index (χ0n) is 14.8. The van der Waals surface area contributed by atoms with Gasteiger partial charge in [-0.3, -0.25) is 10.1 Å². The van der Waals surface area contributed by atoms with Gasteiger partial charge in [0.15, 0.2) is 20.7 Å². The number of hydrogen-bond acceptors (Lipinski definition) is 6. The number of sulfone groups is 1. The Morgan fingerprint density at radius 3 is 2.69 bits per heavy atom. The van der Waals surface area contributed by atoms with Gasteiger partial charge < -0.3 is 4.42 Å². The summed E-state index contributed by atoms with van der Waals surface area (Å²) in [4.78, 5) is 16.9. The van der Waals surface area contributed by atoms with Crippen molar-refractivity contribution in [3.05, 3.63) is 63.5 Å². The monoisotopic (exact) mass is 466 g/mol. The molecule has 4 aromatic rings. The third-order valence-electron chi connectivity index (χ3n) is 4.07. The van der Waals surface area contributed by atoms with Gasteiger partial charge in [0.05, 0.1) is 15.5 Å². The Kier molecular flexibility index (Phi) is 5.12. The first kappa shape index (κ1) is 19.9. The number of nitrogens with zero attached hydrogens (tertiary/aromatic N) is 1. The molecule has 29 heavy (non-hydrogen) atoms. The first-order chi connectivity index (χ1) is 13.7. The van der Waals surface area contributed by atoms with Gasteiger partial charge in [0, 0.05) is 22.0 Å². The van der Waals surface area contributed by atoms with Crippen molar-refractivity contribution in [1.29, 1.82) is 0 Å². The number of carbonyl (C=O) groups excluding carboxylic acids is 1. The highest BCUT2D eigenvalue weighted by Crippen LogP contribution is 2.32. The quantitative estimate of drug-likeness (QED) is 0.427. The average molecular weight is 467 g/mol. The molecule has 0 radical (unpaired) electrons. The predicted molar refractivity (Wildman–Crippen MR) is 115 cm³/mol. The van der Waals surface area contributed by atoms with Crippen molar-refractivity contribution in [3.8, 4) is 11.5 Å². The molecule has 0 saturated carbocycles. The Labute approximate surface area is 180 Å². The lowest BCUT2D eigenvalue weighted by atomic mass is 10.2. The number of rotatable bonds is 4. The molecule has 148 valence electrons. The second-order valence-electron chi connectivity index (χ2n) is 6.20. The van der Waals surface area contributed by atoms with E-state index >= 15 is 0 Å². The number of anilines is 1. The molecule has 1 N–H and O–H groups in total. The lowest BCUT2D eigenvalue weighted by molar-refractivity contribution is 0.102. The van der Waals surface area contributed by atoms with Crippen LogP contribution in [0, 0.1) is 0 Å². The van der Waals surface area contributed by atoms with Crippen molar-refractivity contribution in [1.82, 2.24) is 4.98 Å². The molecule has 0 spiro atoms. The van der Waals surface area contributed by atoms with E-state index in [2.05, 4.69) is 10.3 Å². The Morgan fingerprint density at radius 2 is 1.93 bits per heavy atom. The van der Waals surface area contributed by atoms with Gasteiger partial charge in [0.1, 0.15) is 11.3 Å². The molecule has 1 amide bonds. The number of aromatic nitrogens is 1. The highest BCUT2D eigenvalue weighted by atomic mass is 35.5. The lowest BCUT2D eigenvalue weighted by Gasteiger charge is -2.06. The molecule has 0 aliphatic heterocycles. The number of benzene rings is 2. The van der Waals surface area contributed by atoms with Gasteiger partial charge in [-0.1, -0.05) is 23.2 Å². The summed E-state index contributed by atoms with van der Waals surface area (Å²) in [5.41, 5.74) is 1.27. The summed E-state index contributed by atoms with van der Waals surface area (Å²) in [5.74, 6) is -0.0195. The van der Waals surface area contributed by atoms with Gasteiger partial charge in [-0.25, -0.2) is 13.4 Å². The van der Waals surface area contributed by atoms with Crippen molar-refractivity contribution in [2.75, 3.05) is 11.6 Å². The van der Waals surface area contributed by atoms with Gasteiger partial charge in [0.2, 0.25) is 0 Å². The molecule has 0 atom stereocenters. The van der Waals surface area contributed by atoms with E-state index in [0.29, 0.717) is 27.2 Å². The molecule has 0 aliphatic carbocycles. The summed E-state index contributed by atoms with van der Waals surface area (Å²) in [6.45, 7) is 0. The normalized spacial score (nSPS) is 11.7. The molecule has 0 unspecified atom stereocenters. The molecule has 0 aliphatic rings. The molecule has 2 heterocycles. The van der Waals surface area contributed by atoms with E-state index < -0.39 is 15.7 Å². The zero-order valence-corrected chi connectivity index (χ0v) is 17.9. The summed E-state index contributed by atoms with van der Waals surface area (Å²) in [7, 11) is -3.47. The highest BCUT2D eigenvalue weighted by molar-refractivity contribution is 7.90. The summed E-state index contributed by atoms with van der Waals surface area (Å²) in [6, 6.07) is 11.1. The maximum Gasteiger partial charge on any atom is 0.259 e. The molecule has 0 bridgehead atoms. The predicted octanol–water partition coefficient (Wildman–Crippen LogP) is 5.52. The fourth-order valence-corrected chi connectivity index (χ4v) is 4.38. The minimum absolute atomic E-state index is 0.00724. The summed E-state index contributed by atoms with van der Waals surface area (Å²) in [6.07, 6.45) is 1.06. The van der Waals surface area contributed by atoms with Crippen LogP contribution >= 0.6 is 34.5 Å². The third kappa shape index (κ3) is 4.16. The maximum atomic E-state index is 12.6. The number of furan rings is 1. The van der Waals surface area contributed by atoms with E-state index in [1.165, 1.54) is 29.5 Å². The van der Waals surface area contributed by atoms with Gasteiger partial charge in [0.25, 0.3) is 5.91 Å². The first-order valence-corrected chi connectivity index (χ1v) is 11.7. The van der Waals surface area contributed by atoms with Crippen LogP contribution in [0.25, 0.3) is 22.4 Å². The van der Waals surface area contributed by atoms with Crippen LogP contribution in [-0.4, -0.2) is 25.6 Å². The average Bonchev–Trinajstić information content (AvgIpc) is 3.27. The minimum Gasteiger partial charge on any atom is -0.454 e. The SMILES string of the molecule is CS(=O)(=O)c1ccc(Cl)c(C(=O)Nc2nc(-c3cc4cc(Cl)ccc4o3)cs2)c1. The number of fused-ring (bicyclic) bond motifs is 1. The molecular weight excluding hydrogens is 455 g/mol.